The summed E-state index contributed by atoms with van der Waals surface area (Å²) in [6.07, 6.45) is -2.82. The Bertz CT molecular complexity index is 342. The van der Waals surface area contributed by atoms with Gasteiger partial charge in [0.2, 0.25) is 5.88 Å². The minimum Gasteiger partial charge on any atom is -0.417 e. The van der Waals surface area contributed by atoms with Gasteiger partial charge >= 0.3 is 6.61 Å². The summed E-state index contributed by atoms with van der Waals surface area (Å²) in [6.45, 7) is -3.07. The average molecular weight is 291 g/mol. The van der Waals surface area contributed by atoms with Crippen LogP contribution in [0, 0.1) is 0 Å². The molecule has 0 saturated carbocycles. The molecule has 0 amide bonds. The molecule has 3 nitrogen and oxygen atoms in total. The Balaban J connectivity index is 3.13. The smallest absolute Gasteiger partial charge is 0.388 e. The van der Waals surface area contributed by atoms with Gasteiger partial charge in [0.25, 0.3) is 6.43 Å². The number of halogens is 5. The van der Waals surface area contributed by atoms with Crippen molar-refractivity contribution < 1.29 is 22.3 Å². The van der Waals surface area contributed by atoms with Gasteiger partial charge in [-0.3, -0.25) is 0 Å². The molecule has 0 fully saturated rings. The van der Waals surface area contributed by atoms with Crippen LogP contribution in [0.1, 0.15) is 17.7 Å². The van der Waals surface area contributed by atoms with Crippen molar-refractivity contribution >= 4 is 15.9 Å². The highest BCUT2D eigenvalue weighted by Crippen LogP contribution is 2.31. The highest BCUT2D eigenvalue weighted by Gasteiger charge is 2.24. The van der Waals surface area contributed by atoms with Gasteiger partial charge in [0.05, 0.1) is 5.56 Å². The summed E-state index contributed by atoms with van der Waals surface area (Å²) in [5.41, 5.74) is -0.613. The van der Waals surface area contributed by atoms with E-state index in [1.54, 1.807) is 0 Å². The Hall–Kier alpha value is -0.790. The van der Waals surface area contributed by atoms with Gasteiger partial charge in [-0.15, -0.1) is 0 Å². The number of alkyl halides is 5. The highest BCUT2D eigenvalue weighted by atomic mass is 79.9. The molecule has 1 rings (SSSR count). The fourth-order valence-corrected chi connectivity index (χ4v) is 1.63. The molecule has 1 aromatic rings. The molecule has 0 bridgehead atoms. The normalized spacial score (nSPS) is 11.5. The highest BCUT2D eigenvalue weighted by molar-refractivity contribution is 9.08. The zero-order valence-electron chi connectivity index (χ0n) is 7.55. The van der Waals surface area contributed by atoms with Crippen LogP contribution in [0.25, 0.3) is 0 Å². The van der Waals surface area contributed by atoms with Crippen molar-refractivity contribution in [3.63, 3.8) is 0 Å². The Morgan fingerprint density at radius 3 is 2.40 bits per heavy atom. The number of hydrogen-bond donors (Lipinski definition) is 0. The molecule has 0 atom stereocenters. The Morgan fingerprint density at radius 2 is 2.00 bits per heavy atom. The van der Waals surface area contributed by atoms with Crippen molar-refractivity contribution in [2.45, 2.75) is 18.4 Å². The van der Waals surface area contributed by atoms with Crippen LogP contribution in [0.4, 0.5) is 17.6 Å². The monoisotopic (exact) mass is 290 g/mol. The largest absolute Gasteiger partial charge is 0.417 e. The molecular weight excluding hydrogens is 284 g/mol. The van der Waals surface area contributed by atoms with Crippen LogP contribution in [-0.4, -0.2) is 16.4 Å². The molecule has 0 radical (unpaired) electrons. The maximum absolute atomic E-state index is 12.4. The van der Waals surface area contributed by atoms with E-state index in [4.69, 9.17) is 0 Å². The molecule has 0 aliphatic carbocycles. The summed E-state index contributed by atoms with van der Waals surface area (Å²) in [5, 5.41) is 3.39. The first kappa shape index (κ1) is 12.3. The van der Waals surface area contributed by atoms with E-state index in [2.05, 4.69) is 25.8 Å². The predicted octanol–water partition coefficient (Wildman–Crippen LogP) is 2.85. The van der Waals surface area contributed by atoms with Crippen molar-refractivity contribution in [3.05, 3.63) is 11.3 Å². The quantitative estimate of drug-likeness (QED) is 0.630. The van der Waals surface area contributed by atoms with Crippen LogP contribution < -0.4 is 4.74 Å². The second-order valence-electron chi connectivity index (χ2n) is 2.61. The van der Waals surface area contributed by atoms with E-state index < -0.39 is 18.7 Å². The van der Waals surface area contributed by atoms with Gasteiger partial charge in [0.15, 0.2) is 0 Å². The molecule has 8 heteroatoms. The molecule has 1 heterocycles. The summed E-state index contributed by atoms with van der Waals surface area (Å²) in [6, 6.07) is 0. The minimum atomic E-state index is -3.07. The van der Waals surface area contributed by atoms with E-state index in [1.807, 2.05) is 0 Å². The molecule has 0 aromatic carbocycles. The van der Waals surface area contributed by atoms with Gasteiger partial charge in [-0.2, -0.15) is 13.9 Å². The SMILES string of the molecule is Cn1nc(C(F)F)c(CBr)c1OC(F)F. The summed E-state index contributed by atoms with van der Waals surface area (Å²) in [7, 11) is 1.26. The third-order valence-corrected chi connectivity index (χ3v) is 2.22. The average Bonchev–Trinajstić information content (AvgIpc) is 2.43. The van der Waals surface area contributed by atoms with Gasteiger partial charge in [-0.25, -0.2) is 13.5 Å². The molecule has 15 heavy (non-hydrogen) atoms. The lowest BCUT2D eigenvalue weighted by Gasteiger charge is -2.05. The lowest BCUT2D eigenvalue weighted by Crippen LogP contribution is -2.07. The summed E-state index contributed by atoms with van der Waals surface area (Å²) in [4.78, 5) is 0. The van der Waals surface area contributed by atoms with Gasteiger partial charge in [-0.1, -0.05) is 15.9 Å². The first-order chi connectivity index (χ1) is 6.97. The summed E-state index contributed by atoms with van der Waals surface area (Å²) < 4.78 is 53.7. The van der Waals surface area contributed by atoms with Gasteiger partial charge in [0.1, 0.15) is 5.69 Å². The molecular formula is C7H7BrF4N2O. The topological polar surface area (TPSA) is 27.1 Å². The lowest BCUT2D eigenvalue weighted by molar-refractivity contribution is -0.0558. The van der Waals surface area contributed by atoms with Crippen LogP contribution in [-0.2, 0) is 12.4 Å². The number of ether oxygens (including phenoxy) is 1. The van der Waals surface area contributed by atoms with Crippen molar-refractivity contribution in [3.8, 4) is 5.88 Å². The molecule has 0 saturated heterocycles. The number of hydrogen-bond acceptors (Lipinski definition) is 2. The van der Waals surface area contributed by atoms with Crippen LogP contribution in [0.3, 0.4) is 0 Å². The van der Waals surface area contributed by atoms with E-state index in [1.165, 1.54) is 7.05 Å². The van der Waals surface area contributed by atoms with E-state index in [0.717, 1.165) is 4.68 Å². The summed E-state index contributed by atoms with van der Waals surface area (Å²) >= 11 is 2.92. The molecule has 0 N–H and O–H groups in total. The maximum atomic E-state index is 12.4. The Labute approximate surface area is 91.1 Å². The number of aromatic nitrogens is 2. The fourth-order valence-electron chi connectivity index (χ4n) is 1.10. The number of aryl methyl sites for hydroxylation is 1. The molecule has 0 unspecified atom stereocenters. The standard InChI is InChI=1S/C7H7BrF4N2O/c1-14-6(15-7(11)12)3(2-8)4(13-14)5(9)10/h5,7H,2H2,1H3. The first-order valence-electron chi connectivity index (χ1n) is 3.82. The number of nitrogens with zero attached hydrogens (tertiary/aromatic N) is 2. The van der Waals surface area contributed by atoms with Crippen molar-refractivity contribution in [1.82, 2.24) is 9.78 Å². The van der Waals surface area contributed by atoms with Crippen LogP contribution in [0.5, 0.6) is 5.88 Å². The Morgan fingerprint density at radius 1 is 1.40 bits per heavy atom. The lowest BCUT2D eigenvalue weighted by atomic mass is 10.3. The second-order valence-corrected chi connectivity index (χ2v) is 3.17. The molecule has 0 spiro atoms. The van der Waals surface area contributed by atoms with E-state index in [9.17, 15) is 17.6 Å². The maximum Gasteiger partial charge on any atom is 0.388 e. The van der Waals surface area contributed by atoms with Gasteiger partial charge < -0.3 is 4.74 Å². The van der Waals surface area contributed by atoms with Gasteiger partial charge in [0, 0.05) is 12.4 Å². The minimum absolute atomic E-state index is 0.0252. The van der Waals surface area contributed by atoms with Gasteiger partial charge in [-0.05, 0) is 0 Å². The zero-order valence-corrected chi connectivity index (χ0v) is 9.14. The molecule has 86 valence electrons. The fraction of sp³-hybridized carbons (Fsp3) is 0.571. The molecule has 0 aliphatic rings. The molecule has 0 aliphatic heterocycles. The van der Waals surface area contributed by atoms with Crippen molar-refractivity contribution in [2.24, 2.45) is 7.05 Å². The third kappa shape index (κ3) is 2.61. The summed E-state index contributed by atoms with van der Waals surface area (Å²) in [5.74, 6) is -0.350. The predicted molar refractivity (Wildman–Crippen MR) is 47.4 cm³/mol. The van der Waals surface area contributed by atoms with E-state index in [-0.39, 0.29) is 16.8 Å². The van der Waals surface area contributed by atoms with Crippen molar-refractivity contribution in [2.75, 3.05) is 0 Å². The van der Waals surface area contributed by atoms with Crippen LogP contribution in [0.15, 0.2) is 0 Å². The molecule has 1 aromatic heterocycles. The van der Waals surface area contributed by atoms with E-state index in [0.29, 0.717) is 0 Å². The third-order valence-electron chi connectivity index (χ3n) is 1.66. The zero-order chi connectivity index (χ0) is 11.6. The van der Waals surface area contributed by atoms with E-state index >= 15 is 0 Å². The Kier molecular flexibility index (Phi) is 3.95. The second kappa shape index (κ2) is 4.82. The van der Waals surface area contributed by atoms with Crippen LogP contribution in [0.2, 0.25) is 0 Å². The van der Waals surface area contributed by atoms with Crippen molar-refractivity contribution in [1.29, 1.82) is 0 Å². The van der Waals surface area contributed by atoms with Crippen LogP contribution >= 0.6 is 15.9 Å². The number of rotatable bonds is 4. The first-order valence-corrected chi connectivity index (χ1v) is 4.94.